The van der Waals surface area contributed by atoms with Crippen molar-refractivity contribution in [1.29, 1.82) is 0 Å². The van der Waals surface area contributed by atoms with Crippen LogP contribution in [-0.2, 0) is 9.05 Å². The van der Waals surface area contributed by atoms with Crippen molar-refractivity contribution in [2.45, 2.75) is 4.90 Å². The Hall–Kier alpha value is -0.230. The molecule has 0 aliphatic carbocycles. The Labute approximate surface area is 104 Å². The molecule has 2 aromatic rings. The molecule has 0 saturated carbocycles. The van der Waals surface area contributed by atoms with Crippen molar-refractivity contribution in [3.8, 4) is 0 Å². The van der Waals surface area contributed by atoms with Gasteiger partial charge in [0, 0.05) is 22.3 Å². The van der Waals surface area contributed by atoms with Crippen molar-refractivity contribution in [2.75, 3.05) is 0 Å². The summed E-state index contributed by atoms with van der Waals surface area (Å²) >= 11 is 9.12. The van der Waals surface area contributed by atoms with E-state index in [1.807, 2.05) is 0 Å². The minimum atomic E-state index is -3.74. The van der Waals surface area contributed by atoms with Crippen molar-refractivity contribution in [1.82, 2.24) is 4.98 Å². The molecule has 0 unspecified atom stereocenters. The Morgan fingerprint density at radius 2 is 2.00 bits per heavy atom. The molecule has 0 saturated heterocycles. The molecule has 0 bridgehead atoms. The van der Waals surface area contributed by atoms with Gasteiger partial charge in [-0.05, 0) is 28.1 Å². The molecule has 0 radical (unpaired) electrons. The molecule has 0 fully saturated rings. The van der Waals surface area contributed by atoms with Crippen LogP contribution in [0.3, 0.4) is 0 Å². The van der Waals surface area contributed by atoms with Gasteiger partial charge in [0.25, 0.3) is 9.05 Å². The lowest BCUT2D eigenvalue weighted by atomic mass is 10.2. The van der Waals surface area contributed by atoms with Gasteiger partial charge < -0.3 is 4.98 Å². The molecule has 0 spiro atoms. The maximum Gasteiger partial charge on any atom is 0.263 e. The van der Waals surface area contributed by atoms with Gasteiger partial charge >= 0.3 is 0 Å². The van der Waals surface area contributed by atoms with E-state index in [2.05, 4.69) is 20.9 Å². The predicted molar refractivity (Wildman–Crippen MR) is 64.0 cm³/mol. The molecule has 7 heteroatoms. The predicted octanol–water partition coefficient (Wildman–Crippen LogP) is 3.51. The van der Waals surface area contributed by atoms with Crippen LogP contribution in [0.4, 0.5) is 0 Å². The Balaban J connectivity index is 2.90. The number of nitrogens with one attached hydrogen (secondary N) is 1. The fourth-order valence-corrected chi connectivity index (χ4v) is 2.95. The smallest absolute Gasteiger partial charge is 0.263 e. The molecule has 0 atom stereocenters. The lowest BCUT2D eigenvalue weighted by Gasteiger charge is -1.98. The van der Waals surface area contributed by atoms with Gasteiger partial charge in [0.05, 0.1) is 15.0 Å². The second-order valence-electron chi connectivity index (χ2n) is 2.87. The molecule has 2 rings (SSSR count). The molecule has 3 nitrogen and oxygen atoms in total. The van der Waals surface area contributed by atoms with Crippen molar-refractivity contribution >= 4 is 58.2 Å². The number of benzene rings is 1. The normalized spacial score (nSPS) is 12.2. The van der Waals surface area contributed by atoms with E-state index < -0.39 is 9.05 Å². The van der Waals surface area contributed by atoms with Gasteiger partial charge in [0.2, 0.25) is 0 Å². The van der Waals surface area contributed by atoms with Gasteiger partial charge in [-0.15, -0.1) is 0 Å². The topological polar surface area (TPSA) is 49.9 Å². The van der Waals surface area contributed by atoms with Crippen LogP contribution in [0.2, 0.25) is 5.02 Å². The van der Waals surface area contributed by atoms with E-state index in [1.54, 1.807) is 12.1 Å². The molecule has 1 heterocycles. The molecule has 1 aromatic heterocycles. The van der Waals surface area contributed by atoms with E-state index in [0.29, 0.717) is 20.4 Å². The summed E-state index contributed by atoms with van der Waals surface area (Å²) in [7, 11) is 1.54. The third-order valence-corrected chi connectivity index (χ3v) is 4.70. The Kier molecular flexibility index (Phi) is 2.75. The number of aromatic amines is 1. The molecule has 0 aliphatic heterocycles. The molecule has 0 amide bonds. The molecule has 0 aliphatic rings. The van der Waals surface area contributed by atoms with Crippen LogP contribution in [0.25, 0.3) is 10.9 Å². The number of fused-ring (bicyclic) bond motifs is 1. The zero-order chi connectivity index (χ0) is 11.2. The molecule has 15 heavy (non-hydrogen) atoms. The summed E-state index contributed by atoms with van der Waals surface area (Å²) < 4.78 is 23.0. The molecule has 1 aromatic carbocycles. The Bertz CT molecular complexity index is 635. The van der Waals surface area contributed by atoms with E-state index >= 15 is 0 Å². The van der Waals surface area contributed by atoms with Gasteiger partial charge in [0.1, 0.15) is 4.90 Å². The fourth-order valence-electron chi connectivity index (χ4n) is 1.31. The molecule has 1 N–H and O–H groups in total. The number of H-pyrrole nitrogens is 1. The van der Waals surface area contributed by atoms with Gasteiger partial charge in [0.15, 0.2) is 0 Å². The number of aromatic nitrogens is 1. The van der Waals surface area contributed by atoms with Crippen molar-refractivity contribution in [3.63, 3.8) is 0 Å². The van der Waals surface area contributed by atoms with Gasteiger partial charge in [-0.3, -0.25) is 0 Å². The first-order valence-electron chi connectivity index (χ1n) is 3.81. The standard InChI is InChI=1S/C8H4BrCl2NO2S/c9-7-5(10)2-1-4-6(15(11,13)14)3-12-8(4)7/h1-3,12H. The highest BCUT2D eigenvalue weighted by molar-refractivity contribution is 9.10. The number of hydrogen-bond donors (Lipinski definition) is 1. The SMILES string of the molecule is O=S(=O)(Cl)c1c[nH]c2c(Br)c(Cl)ccc12. The van der Waals surface area contributed by atoms with E-state index in [4.69, 9.17) is 22.3 Å². The number of halogens is 3. The van der Waals surface area contributed by atoms with Crippen LogP contribution in [0, 0.1) is 0 Å². The lowest BCUT2D eigenvalue weighted by molar-refractivity contribution is 0.610. The number of rotatable bonds is 1. The maximum atomic E-state index is 11.2. The van der Waals surface area contributed by atoms with Gasteiger partial charge in [-0.1, -0.05) is 11.6 Å². The summed E-state index contributed by atoms with van der Waals surface area (Å²) in [6.07, 6.45) is 1.34. The average Bonchev–Trinajstić information content (AvgIpc) is 2.54. The monoisotopic (exact) mass is 327 g/mol. The summed E-state index contributed by atoms with van der Waals surface area (Å²) in [5.74, 6) is 0. The summed E-state index contributed by atoms with van der Waals surface area (Å²) in [5.41, 5.74) is 0.613. The minimum absolute atomic E-state index is 0.0523. The highest BCUT2D eigenvalue weighted by Gasteiger charge is 2.17. The highest BCUT2D eigenvalue weighted by atomic mass is 79.9. The summed E-state index contributed by atoms with van der Waals surface area (Å²) in [6.45, 7) is 0. The van der Waals surface area contributed by atoms with Crippen LogP contribution in [0.15, 0.2) is 27.7 Å². The van der Waals surface area contributed by atoms with E-state index in [-0.39, 0.29) is 4.90 Å². The van der Waals surface area contributed by atoms with Crippen molar-refractivity contribution < 1.29 is 8.42 Å². The third-order valence-electron chi connectivity index (χ3n) is 1.97. The van der Waals surface area contributed by atoms with Crippen LogP contribution >= 0.6 is 38.2 Å². The third kappa shape index (κ3) is 1.89. The van der Waals surface area contributed by atoms with E-state index in [1.165, 1.54) is 6.20 Å². The van der Waals surface area contributed by atoms with Crippen LogP contribution < -0.4 is 0 Å². The molecular weight excluding hydrogens is 325 g/mol. The largest absolute Gasteiger partial charge is 0.359 e. The molecule has 80 valence electrons. The second-order valence-corrected chi connectivity index (χ2v) is 6.61. The first-order valence-corrected chi connectivity index (χ1v) is 7.29. The zero-order valence-electron chi connectivity index (χ0n) is 7.09. The van der Waals surface area contributed by atoms with E-state index in [0.717, 1.165) is 0 Å². The van der Waals surface area contributed by atoms with Crippen molar-refractivity contribution in [2.24, 2.45) is 0 Å². The highest BCUT2D eigenvalue weighted by Crippen LogP contribution is 2.34. The zero-order valence-corrected chi connectivity index (χ0v) is 11.0. The maximum absolute atomic E-state index is 11.2. The van der Waals surface area contributed by atoms with Gasteiger partial charge in [-0.25, -0.2) is 8.42 Å². The summed E-state index contributed by atoms with van der Waals surface area (Å²) in [5, 5.41) is 1.02. The quantitative estimate of drug-likeness (QED) is 0.814. The molecular formula is C8H4BrCl2NO2S. The number of hydrogen-bond acceptors (Lipinski definition) is 2. The van der Waals surface area contributed by atoms with E-state index in [9.17, 15) is 8.42 Å². The van der Waals surface area contributed by atoms with Crippen LogP contribution in [-0.4, -0.2) is 13.4 Å². The first-order chi connectivity index (χ1) is 6.91. The van der Waals surface area contributed by atoms with Crippen LogP contribution in [0.5, 0.6) is 0 Å². The minimum Gasteiger partial charge on any atom is -0.359 e. The summed E-state index contributed by atoms with van der Waals surface area (Å²) in [4.78, 5) is 2.86. The fraction of sp³-hybridized carbons (Fsp3) is 0. The Morgan fingerprint density at radius 1 is 1.33 bits per heavy atom. The average molecular weight is 329 g/mol. The van der Waals surface area contributed by atoms with Crippen molar-refractivity contribution in [3.05, 3.63) is 27.8 Å². The summed E-state index contributed by atoms with van der Waals surface area (Å²) in [6, 6.07) is 3.21. The van der Waals surface area contributed by atoms with Crippen LogP contribution in [0.1, 0.15) is 0 Å². The Morgan fingerprint density at radius 3 is 2.60 bits per heavy atom. The first kappa shape index (κ1) is 11.3. The second kappa shape index (κ2) is 3.66. The van der Waals surface area contributed by atoms with Gasteiger partial charge in [-0.2, -0.15) is 0 Å². The lowest BCUT2D eigenvalue weighted by Crippen LogP contribution is -1.87.